The van der Waals surface area contributed by atoms with E-state index in [-0.39, 0.29) is 6.04 Å². The van der Waals surface area contributed by atoms with Crippen LogP contribution in [-0.4, -0.2) is 25.9 Å². The number of aromatic nitrogens is 4. The molecule has 25 heavy (non-hydrogen) atoms. The lowest BCUT2D eigenvalue weighted by atomic mass is 10.1. The third-order valence-electron chi connectivity index (χ3n) is 3.90. The van der Waals surface area contributed by atoms with Gasteiger partial charge in [0.05, 0.1) is 5.69 Å². The predicted octanol–water partition coefficient (Wildman–Crippen LogP) is 4.24. The molecule has 0 saturated carbocycles. The van der Waals surface area contributed by atoms with E-state index in [1.165, 1.54) is 13.3 Å². The van der Waals surface area contributed by atoms with Crippen molar-refractivity contribution in [1.82, 2.24) is 19.6 Å². The quantitative estimate of drug-likeness (QED) is 0.642. The Morgan fingerprint density at radius 1 is 1.20 bits per heavy atom. The number of hydrogen-bond acceptors (Lipinski definition) is 5. The Bertz CT molecular complexity index is 861. The van der Waals surface area contributed by atoms with E-state index in [1.807, 2.05) is 38.1 Å². The van der Waals surface area contributed by atoms with Crippen LogP contribution in [0.5, 0.6) is 0 Å². The molecule has 0 aliphatic carbocycles. The minimum Gasteiger partial charge on any atom is -0.362 e. The Kier molecular flexibility index (Phi) is 5.03. The molecule has 3 aromatic rings. The first-order chi connectivity index (χ1) is 12.0. The lowest BCUT2D eigenvalue weighted by Gasteiger charge is -2.19. The van der Waals surface area contributed by atoms with Crippen LogP contribution >= 0.6 is 11.6 Å². The highest BCUT2D eigenvalue weighted by Crippen LogP contribution is 2.29. The molecular formula is C17H20ClFN6. The number of rotatable bonds is 6. The van der Waals surface area contributed by atoms with Crippen LogP contribution in [0.25, 0.3) is 5.78 Å². The van der Waals surface area contributed by atoms with Gasteiger partial charge in [-0.1, -0.05) is 30.7 Å². The van der Waals surface area contributed by atoms with E-state index >= 15 is 0 Å². The van der Waals surface area contributed by atoms with Crippen molar-refractivity contribution in [3.63, 3.8) is 0 Å². The lowest BCUT2D eigenvalue weighted by Crippen LogP contribution is -2.13. The van der Waals surface area contributed by atoms with Crippen molar-refractivity contribution < 1.29 is 4.39 Å². The summed E-state index contributed by atoms with van der Waals surface area (Å²) in [6, 6.07) is 7.54. The maximum Gasteiger partial charge on any atom is 0.254 e. The molecule has 2 heterocycles. The van der Waals surface area contributed by atoms with Crippen LogP contribution in [0.15, 0.2) is 30.6 Å². The molecule has 0 spiro atoms. The average molecular weight is 363 g/mol. The van der Waals surface area contributed by atoms with Gasteiger partial charge in [-0.05, 0) is 38.0 Å². The molecule has 2 aromatic heterocycles. The summed E-state index contributed by atoms with van der Waals surface area (Å²) in [7, 11) is 0. The molecule has 0 aliphatic rings. The van der Waals surface area contributed by atoms with Crippen LogP contribution in [0, 0.1) is 0 Å². The van der Waals surface area contributed by atoms with Gasteiger partial charge < -0.3 is 10.6 Å². The van der Waals surface area contributed by atoms with Crippen molar-refractivity contribution in [2.75, 3.05) is 10.6 Å². The smallest absolute Gasteiger partial charge is 0.254 e. The van der Waals surface area contributed by atoms with E-state index in [2.05, 4.69) is 25.7 Å². The van der Waals surface area contributed by atoms with Crippen LogP contribution in [0.1, 0.15) is 38.1 Å². The second-order valence-corrected chi connectivity index (χ2v) is 6.17. The van der Waals surface area contributed by atoms with Crippen molar-refractivity contribution in [2.45, 2.75) is 39.5 Å². The molecule has 2 unspecified atom stereocenters. The molecule has 1 aromatic carbocycles. The molecule has 2 N–H and O–H groups in total. The second-order valence-electron chi connectivity index (χ2n) is 5.79. The zero-order chi connectivity index (χ0) is 18.0. The van der Waals surface area contributed by atoms with Crippen LogP contribution in [0.4, 0.5) is 15.9 Å². The number of anilines is 2. The second kappa shape index (κ2) is 7.23. The van der Waals surface area contributed by atoms with Crippen molar-refractivity contribution in [1.29, 1.82) is 0 Å². The molecule has 0 amide bonds. The lowest BCUT2D eigenvalue weighted by molar-refractivity contribution is 0.402. The fraction of sp³-hybridized carbons (Fsp3) is 0.353. The Balaban J connectivity index is 1.88. The highest BCUT2D eigenvalue weighted by Gasteiger charge is 2.16. The molecule has 0 bridgehead atoms. The Hall–Kier alpha value is -2.41. The predicted molar refractivity (Wildman–Crippen MR) is 97.8 cm³/mol. The number of hydrogen-bond donors (Lipinski definition) is 2. The fourth-order valence-corrected chi connectivity index (χ4v) is 2.92. The minimum absolute atomic E-state index is 0.0335. The van der Waals surface area contributed by atoms with Crippen molar-refractivity contribution in [3.8, 4) is 0 Å². The summed E-state index contributed by atoms with van der Waals surface area (Å²) in [5.74, 6) is 1.17. The van der Waals surface area contributed by atoms with Crippen LogP contribution < -0.4 is 10.6 Å². The maximum absolute atomic E-state index is 13.0. The van der Waals surface area contributed by atoms with Gasteiger partial charge in [-0.25, -0.2) is 9.37 Å². The first-order valence-electron chi connectivity index (χ1n) is 8.14. The van der Waals surface area contributed by atoms with E-state index in [1.54, 1.807) is 4.52 Å². The fourth-order valence-electron chi connectivity index (χ4n) is 2.61. The van der Waals surface area contributed by atoms with Crippen LogP contribution in [0.3, 0.4) is 0 Å². The summed E-state index contributed by atoms with van der Waals surface area (Å²) in [6.45, 7) is 5.47. The van der Waals surface area contributed by atoms with Crippen molar-refractivity contribution >= 4 is 28.9 Å². The van der Waals surface area contributed by atoms with E-state index < -0.39 is 6.30 Å². The molecule has 2 atom stereocenters. The van der Waals surface area contributed by atoms with Gasteiger partial charge in [0.1, 0.15) is 11.3 Å². The molecule has 0 fully saturated rings. The Morgan fingerprint density at radius 3 is 2.56 bits per heavy atom. The zero-order valence-corrected chi connectivity index (χ0v) is 15.0. The monoisotopic (exact) mass is 362 g/mol. The molecular weight excluding hydrogens is 343 g/mol. The van der Waals surface area contributed by atoms with Gasteiger partial charge in [0.15, 0.2) is 12.1 Å². The number of fused-ring (bicyclic) bond motifs is 1. The Morgan fingerprint density at radius 2 is 1.92 bits per heavy atom. The summed E-state index contributed by atoms with van der Waals surface area (Å²) < 4.78 is 14.6. The van der Waals surface area contributed by atoms with E-state index in [0.29, 0.717) is 23.0 Å². The van der Waals surface area contributed by atoms with Gasteiger partial charge in [0.25, 0.3) is 5.78 Å². The maximum atomic E-state index is 13.0. The number of nitrogens with one attached hydrogen (secondary N) is 2. The highest BCUT2D eigenvalue weighted by atomic mass is 35.5. The molecule has 0 saturated heterocycles. The number of nitrogens with zero attached hydrogens (tertiary/aromatic N) is 4. The molecule has 6 nitrogen and oxygen atoms in total. The van der Waals surface area contributed by atoms with E-state index in [0.717, 1.165) is 16.9 Å². The summed E-state index contributed by atoms with van der Waals surface area (Å²) in [5.41, 5.74) is 2.55. The third-order valence-corrected chi connectivity index (χ3v) is 4.30. The normalized spacial score (nSPS) is 13.6. The van der Waals surface area contributed by atoms with Crippen molar-refractivity contribution in [3.05, 3.63) is 46.9 Å². The van der Waals surface area contributed by atoms with Gasteiger partial charge in [0, 0.05) is 11.7 Å². The van der Waals surface area contributed by atoms with Crippen molar-refractivity contribution in [2.24, 2.45) is 0 Å². The SMILES string of the molecule is CCc1nc2ncnn2c(NC(C)c2ccc(NC(C)F)cc2)c1Cl. The van der Waals surface area contributed by atoms with Gasteiger partial charge >= 0.3 is 0 Å². The summed E-state index contributed by atoms with van der Waals surface area (Å²) in [6.07, 6.45) is 1.06. The van der Waals surface area contributed by atoms with Gasteiger partial charge in [-0.15, -0.1) is 0 Å². The molecule has 0 aliphatic heterocycles. The summed E-state index contributed by atoms with van der Waals surface area (Å²) >= 11 is 6.49. The molecule has 132 valence electrons. The largest absolute Gasteiger partial charge is 0.362 e. The van der Waals surface area contributed by atoms with Gasteiger partial charge in [-0.3, -0.25) is 0 Å². The van der Waals surface area contributed by atoms with Crippen LogP contribution in [0.2, 0.25) is 5.02 Å². The number of alkyl halides is 1. The summed E-state index contributed by atoms with van der Waals surface area (Å²) in [4.78, 5) is 8.55. The zero-order valence-electron chi connectivity index (χ0n) is 14.3. The van der Waals surface area contributed by atoms with Gasteiger partial charge in [-0.2, -0.15) is 14.6 Å². The van der Waals surface area contributed by atoms with E-state index in [9.17, 15) is 4.39 Å². The first-order valence-corrected chi connectivity index (χ1v) is 8.52. The van der Waals surface area contributed by atoms with Crippen LogP contribution in [-0.2, 0) is 6.42 Å². The number of halogens is 2. The van der Waals surface area contributed by atoms with Gasteiger partial charge in [0.2, 0.25) is 0 Å². The molecule has 3 rings (SSSR count). The number of benzene rings is 1. The minimum atomic E-state index is -1.09. The van der Waals surface area contributed by atoms with E-state index in [4.69, 9.17) is 11.6 Å². The molecule has 0 radical (unpaired) electrons. The standard InChI is InChI=1S/C17H20ClFN6/c1-4-14-15(18)16(25-17(24-14)20-9-21-25)22-10(2)12-5-7-13(8-6-12)23-11(3)19/h5-11,22-23H,4H2,1-3H3. The topological polar surface area (TPSA) is 67.1 Å². The summed E-state index contributed by atoms with van der Waals surface area (Å²) in [5, 5.41) is 10.8. The molecule has 8 heteroatoms. The highest BCUT2D eigenvalue weighted by molar-refractivity contribution is 6.33. The Labute approximate surface area is 150 Å². The number of aryl methyl sites for hydroxylation is 1. The first kappa shape index (κ1) is 17.4. The third kappa shape index (κ3) is 3.66. The average Bonchev–Trinajstić information content (AvgIpc) is 3.05.